The van der Waals surface area contributed by atoms with E-state index in [0.29, 0.717) is 38.8 Å². The molecule has 9 heteroatoms. The zero-order chi connectivity index (χ0) is 26.6. The SMILES string of the molecule is CS(=O)(=O)N1CC2(CCN(C(=O)C(COCc3ccccc3)NCC3CCNCC3)CC2)c2ccccc21. The normalized spacial score (nSPS) is 20.4. The molecule has 3 aliphatic rings. The first-order valence-electron chi connectivity index (χ1n) is 13.8. The van der Waals surface area contributed by atoms with Crippen LogP contribution in [-0.4, -0.2) is 77.4 Å². The van der Waals surface area contributed by atoms with Crippen molar-refractivity contribution in [3.63, 3.8) is 0 Å². The molecular weight excluding hydrogens is 500 g/mol. The molecule has 0 radical (unpaired) electrons. The largest absolute Gasteiger partial charge is 0.375 e. The molecular formula is C29H40N4O4S. The summed E-state index contributed by atoms with van der Waals surface area (Å²) in [5.41, 5.74) is 2.71. The second kappa shape index (κ2) is 11.7. The summed E-state index contributed by atoms with van der Waals surface area (Å²) in [6.45, 7) is 5.31. The Hall–Kier alpha value is -2.46. The number of carbonyl (C=O) groups is 1. The summed E-state index contributed by atoms with van der Waals surface area (Å²) in [6, 6.07) is 17.5. The third-order valence-corrected chi connectivity index (χ3v) is 9.56. The third-order valence-electron chi connectivity index (χ3n) is 8.43. The monoisotopic (exact) mass is 540 g/mol. The van der Waals surface area contributed by atoms with Gasteiger partial charge in [0, 0.05) is 25.0 Å². The highest BCUT2D eigenvalue weighted by Crippen LogP contribution is 2.47. The van der Waals surface area contributed by atoms with Gasteiger partial charge in [-0.2, -0.15) is 0 Å². The minimum atomic E-state index is -3.36. The van der Waals surface area contributed by atoms with Crippen LogP contribution in [0.15, 0.2) is 54.6 Å². The van der Waals surface area contributed by atoms with Gasteiger partial charge in [-0.1, -0.05) is 48.5 Å². The van der Waals surface area contributed by atoms with Crippen LogP contribution < -0.4 is 14.9 Å². The first-order valence-corrected chi connectivity index (χ1v) is 15.6. The van der Waals surface area contributed by atoms with Crippen LogP contribution in [0.3, 0.4) is 0 Å². The topological polar surface area (TPSA) is 91.0 Å². The lowest BCUT2D eigenvalue weighted by Crippen LogP contribution is -2.54. The Bertz CT molecular complexity index is 1190. The number of amides is 1. The number of hydrogen-bond acceptors (Lipinski definition) is 6. The van der Waals surface area contributed by atoms with Crippen molar-refractivity contribution in [1.29, 1.82) is 0 Å². The van der Waals surface area contributed by atoms with Gasteiger partial charge in [-0.3, -0.25) is 9.10 Å². The number of likely N-dealkylation sites (tertiary alicyclic amines) is 1. The predicted molar refractivity (Wildman–Crippen MR) is 150 cm³/mol. The number of benzene rings is 2. The van der Waals surface area contributed by atoms with Gasteiger partial charge in [0.25, 0.3) is 0 Å². The van der Waals surface area contributed by atoms with Crippen molar-refractivity contribution in [3.05, 3.63) is 65.7 Å². The van der Waals surface area contributed by atoms with Crippen molar-refractivity contribution in [3.8, 4) is 0 Å². The summed E-state index contributed by atoms with van der Waals surface area (Å²) < 4.78 is 32.6. The summed E-state index contributed by atoms with van der Waals surface area (Å²) in [5.74, 6) is 0.635. The highest BCUT2D eigenvalue weighted by molar-refractivity contribution is 7.92. The summed E-state index contributed by atoms with van der Waals surface area (Å²) in [4.78, 5) is 15.7. The number of nitrogens with one attached hydrogen (secondary N) is 2. The van der Waals surface area contributed by atoms with Crippen LogP contribution >= 0.6 is 0 Å². The Balaban J connectivity index is 1.24. The minimum Gasteiger partial charge on any atom is -0.375 e. The van der Waals surface area contributed by atoms with Gasteiger partial charge in [0.15, 0.2) is 0 Å². The highest BCUT2D eigenvalue weighted by Gasteiger charge is 2.47. The fraction of sp³-hybridized carbons (Fsp3) is 0.552. The summed E-state index contributed by atoms with van der Waals surface area (Å²) in [5, 5.41) is 6.95. The number of fused-ring (bicyclic) bond motifs is 2. The molecule has 1 unspecified atom stereocenters. The van der Waals surface area contributed by atoms with Crippen molar-refractivity contribution in [2.45, 2.75) is 43.7 Å². The van der Waals surface area contributed by atoms with Crippen molar-refractivity contribution < 1.29 is 17.9 Å². The summed E-state index contributed by atoms with van der Waals surface area (Å²) in [6.07, 6.45) is 4.99. The molecule has 5 rings (SSSR count). The molecule has 2 aromatic carbocycles. The Labute approximate surface area is 226 Å². The van der Waals surface area contributed by atoms with E-state index in [-0.39, 0.29) is 11.3 Å². The second-order valence-electron chi connectivity index (χ2n) is 11.0. The molecule has 2 N–H and O–H groups in total. The van der Waals surface area contributed by atoms with Crippen LogP contribution in [-0.2, 0) is 31.6 Å². The van der Waals surface area contributed by atoms with E-state index in [2.05, 4.69) is 16.7 Å². The lowest BCUT2D eigenvalue weighted by Gasteiger charge is -2.41. The van der Waals surface area contributed by atoms with Crippen LogP contribution in [0.1, 0.15) is 36.8 Å². The van der Waals surface area contributed by atoms with E-state index in [1.54, 1.807) is 4.31 Å². The van der Waals surface area contributed by atoms with Crippen molar-refractivity contribution in [1.82, 2.24) is 15.5 Å². The van der Waals surface area contributed by atoms with E-state index < -0.39 is 16.1 Å². The Morgan fingerprint density at radius 1 is 1.08 bits per heavy atom. The van der Waals surface area contributed by atoms with E-state index >= 15 is 0 Å². The van der Waals surface area contributed by atoms with Crippen molar-refractivity contribution in [2.75, 3.05) is 56.4 Å². The van der Waals surface area contributed by atoms with E-state index in [1.165, 1.54) is 6.26 Å². The maximum atomic E-state index is 13.8. The van der Waals surface area contributed by atoms with Crippen molar-refractivity contribution >= 4 is 21.6 Å². The van der Waals surface area contributed by atoms with Gasteiger partial charge in [-0.05, 0) is 68.4 Å². The molecule has 0 aromatic heterocycles. The van der Waals surface area contributed by atoms with Gasteiger partial charge in [0.05, 0.1) is 25.2 Å². The van der Waals surface area contributed by atoms with Crippen LogP contribution in [0.2, 0.25) is 0 Å². The zero-order valence-corrected chi connectivity index (χ0v) is 23.1. The summed E-state index contributed by atoms with van der Waals surface area (Å²) >= 11 is 0. The number of para-hydroxylation sites is 1. The van der Waals surface area contributed by atoms with Gasteiger partial charge in [0.1, 0.15) is 6.04 Å². The molecule has 38 heavy (non-hydrogen) atoms. The highest BCUT2D eigenvalue weighted by atomic mass is 32.2. The van der Waals surface area contributed by atoms with E-state index in [4.69, 9.17) is 4.74 Å². The van der Waals surface area contributed by atoms with Gasteiger partial charge in [0.2, 0.25) is 15.9 Å². The maximum absolute atomic E-state index is 13.8. The third kappa shape index (κ3) is 6.06. The molecule has 3 heterocycles. The number of carbonyl (C=O) groups excluding carboxylic acids is 1. The lowest BCUT2D eigenvalue weighted by molar-refractivity contribution is -0.136. The molecule has 1 spiro atoms. The van der Waals surface area contributed by atoms with Gasteiger partial charge >= 0.3 is 0 Å². The molecule has 1 amide bonds. The Kier molecular flexibility index (Phi) is 8.38. The molecule has 2 fully saturated rings. The van der Waals surface area contributed by atoms with E-state index in [1.807, 2.05) is 53.4 Å². The standard InChI is InChI=1S/C29H40N4O4S/c1-38(35,36)33-22-29(25-9-5-6-10-27(25)33)13-17-32(18-14-29)28(34)26(31-19-23-11-15-30-16-12-23)21-37-20-24-7-3-2-4-8-24/h2-10,23,26,30-31H,11-22H2,1H3. The number of anilines is 1. The first kappa shape index (κ1) is 27.1. The molecule has 0 saturated carbocycles. The zero-order valence-electron chi connectivity index (χ0n) is 22.3. The number of piperidine rings is 2. The van der Waals surface area contributed by atoms with Crippen LogP contribution in [0.4, 0.5) is 5.69 Å². The fourth-order valence-corrected chi connectivity index (χ4v) is 7.16. The van der Waals surface area contributed by atoms with Crippen LogP contribution in [0.25, 0.3) is 0 Å². The number of nitrogens with zero attached hydrogens (tertiary/aromatic N) is 2. The predicted octanol–water partition coefficient (Wildman–Crippen LogP) is 2.50. The van der Waals surface area contributed by atoms with Crippen LogP contribution in [0, 0.1) is 5.92 Å². The quantitative estimate of drug-likeness (QED) is 0.508. The average molecular weight is 541 g/mol. The van der Waals surface area contributed by atoms with Gasteiger partial charge < -0.3 is 20.3 Å². The molecule has 2 aromatic rings. The maximum Gasteiger partial charge on any atom is 0.242 e. The summed E-state index contributed by atoms with van der Waals surface area (Å²) in [7, 11) is -3.36. The van der Waals surface area contributed by atoms with Crippen molar-refractivity contribution in [2.24, 2.45) is 5.92 Å². The number of sulfonamides is 1. The lowest BCUT2D eigenvalue weighted by atomic mass is 9.74. The number of ether oxygens (including phenoxy) is 1. The number of rotatable bonds is 9. The Morgan fingerprint density at radius 2 is 1.76 bits per heavy atom. The molecule has 0 bridgehead atoms. The van der Waals surface area contributed by atoms with Gasteiger partial charge in [-0.25, -0.2) is 8.42 Å². The van der Waals surface area contributed by atoms with E-state index in [0.717, 1.165) is 62.1 Å². The smallest absolute Gasteiger partial charge is 0.242 e. The van der Waals surface area contributed by atoms with E-state index in [9.17, 15) is 13.2 Å². The number of hydrogen-bond donors (Lipinski definition) is 2. The molecule has 206 valence electrons. The molecule has 8 nitrogen and oxygen atoms in total. The second-order valence-corrected chi connectivity index (χ2v) is 13.0. The minimum absolute atomic E-state index is 0.0769. The Morgan fingerprint density at radius 3 is 2.47 bits per heavy atom. The van der Waals surface area contributed by atoms with Crippen LogP contribution in [0.5, 0.6) is 0 Å². The molecule has 2 saturated heterocycles. The first-order chi connectivity index (χ1) is 18.4. The molecule has 0 aliphatic carbocycles. The molecule has 3 aliphatic heterocycles. The molecule has 1 atom stereocenters. The fourth-order valence-electron chi connectivity index (χ4n) is 6.16. The average Bonchev–Trinajstić information content (AvgIpc) is 3.26. The van der Waals surface area contributed by atoms with Gasteiger partial charge in [-0.15, -0.1) is 0 Å².